The average molecular weight is 622 g/mol. The molecule has 2 amide bonds. The molecule has 0 spiro atoms. The van der Waals surface area contributed by atoms with E-state index < -0.39 is 0 Å². The molecule has 4 aromatic carbocycles. The SMILES string of the molecule is O=C1C2=C(c3ccc(Cl)cc3)N(CCCCc3ccccc3)C(=O)C2=C(c2ccc(Cl)cc2)N1CCCCc1ccccc1. The number of aryl methyl sites for hydroxylation is 2. The summed E-state index contributed by atoms with van der Waals surface area (Å²) in [6, 6.07) is 35.6. The topological polar surface area (TPSA) is 40.6 Å². The molecule has 44 heavy (non-hydrogen) atoms. The van der Waals surface area contributed by atoms with Gasteiger partial charge in [-0.05, 0) is 85.0 Å². The fraction of sp³-hybridized carbons (Fsp3) is 0.211. The van der Waals surface area contributed by atoms with Crippen molar-refractivity contribution in [3.63, 3.8) is 0 Å². The number of rotatable bonds is 12. The van der Waals surface area contributed by atoms with Crippen LogP contribution in [0.2, 0.25) is 10.0 Å². The number of hydrogen-bond acceptors (Lipinski definition) is 2. The Morgan fingerprint density at radius 3 is 1.18 bits per heavy atom. The molecule has 0 fully saturated rings. The van der Waals surface area contributed by atoms with Crippen molar-refractivity contribution in [2.45, 2.75) is 38.5 Å². The van der Waals surface area contributed by atoms with Crippen LogP contribution in [-0.4, -0.2) is 34.7 Å². The first-order valence-electron chi connectivity index (χ1n) is 15.2. The van der Waals surface area contributed by atoms with E-state index in [4.69, 9.17) is 23.2 Å². The highest BCUT2D eigenvalue weighted by molar-refractivity contribution is 6.32. The molecule has 0 atom stereocenters. The van der Waals surface area contributed by atoms with Crippen molar-refractivity contribution in [3.05, 3.63) is 153 Å². The number of carbonyl (C=O) groups is 2. The van der Waals surface area contributed by atoms with Crippen LogP contribution in [0.25, 0.3) is 11.4 Å². The number of hydrogen-bond donors (Lipinski definition) is 0. The van der Waals surface area contributed by atoms with Gasteiger partial charge in [0.05, 0.1) is 22.5 Å². The molecule has 222 valence electrons. The molecular weight excluding hydrogens is 587 g/mol. The predicted octanol–water partition coefficient (Wildman–Crippen LogP) is 8.85. The minimum atomic E-state index is -0.130. The highest BCUT2D eigenvalue weighted by atomic mass is 35.5. The third-order valence-corrected chi connectivity index (χ3v) is 8.80. The van der Waals surface area contributed by atoms with Crippen molar-refractivity contribution in [1.29, 1.82) is 0 Å². The van der Waals surface area contributed by atoms with Crippen LogP contribution >= 0.6 is 23.2 Å². The second kappa shape index (κ2) is 13.7. The minimum Gasteiger partial charge on any atom is -0.307 e. The zero-order valence-electron chi connectivity index (χ0n) is 24.5. The summed E-state index contributed by atoms with van der Waals surface area (Å²) in [5.74, 6) is -0.260. The van der Waals surface area contributed by atoms with E-state index in [0.717, 1.165) is 49.7 Å². The number of unbranched alkanes of at least 4 members (excludes halogenated alkanes) is 2. The Kier molecular flexibility index (Phi) is 9.30. The van der Waals surface area contributed by atoms with Crippen LogP contribution in [0.15, 0.2) is 120 Å². The summed E-state index contributed by atoms with van der Waals surface area (Å²) in [6.45, 7) is 1.05. The van der Waals surface area contributed by atoms with E-state index in [9.17, 15) is 9.59 Å². The lowest BCUT2D eigenvalue weighted by atomic mass is 10.0. The average Bonchev–Trinajstić information content (AvgIpc) is 3.49. The Bertz CT molecular complexity index is 1570. The normalized spacial score (nSPS) is 14.7. The lowest BCUT2D eigenvalue weighted by Gasteiger charge is -2.25. The molecule has 6 rings (SSSR count). The van der Waals surface area contributed by atoms with E-state index in [1.807, 2.05) is 84.9 Å². The summed E-state index contributed by atoms with van der Waals surface area (Å²) < 4.78 is 0. The van der Waals surface area contributed by atoms with Crippen molar-refractivity contribution in [2.75, 3.05) is 13.1 Å². The first kappa shape index (κ1) is 29.9. The zero-order valence-corrected chi connectivity index (χ0v) is 26.0. The van der Waals surface area contributed by atoms with E-state index >= 15 is 0 Å². The van der Waals surface area contributed by atoms with Gasteiger partial charge >= 0.3 is 0 Å². The summed E-state index contributed by atoms with van der Waals surface area (Å²) in [5.41, 5.74) is 6.48. The Labute approximate surface area is 269 Å². The van der Waals surface area contributed by atoms with Crippen LogP contribution in [0, 0.1) is 0 Å². The van der Waals surface area contributed by atoms with Gasteiger partial charge in [0.2, 0.25) is 0 Å². The molecule has 0 saturated heterocycles. The molecule has 2 aliphatic rings. The quantitative estimate of drug-likeness (QED) is 0.148. The summed E-state index contributed by atoms with van der Waals surface area (Å²) in [4.78, 5) is 32.3. The summed E-state index contributed by atoms with van der Waals surface area (Å²) in [6.07, 6.45) is 5.36. The minimum absolute atomic E-state index is 0.130. The maximum absolute atomic E-state index is 14.4. The number of fused-ring (bicyclic) bond motifs is 1. The second-order valence-electron chi connectivity index (χ2n) is 11.3. The molecule has 6 heteroatoms. The van der Waals surface area contributed by atoms with Gasteiger partial charge in [0.1, 0.15) is 0 Å². The third-order valence-electron chi connectivity index (χ3n) is 8.30. The zero-order chi connectivity index (χ0) is 30.5. The van der Waals surface area contributed by atoms with Crippen LogP contribution in [0.1, 0.15) is 47.9 Å². The van der Waals surface area contributed by atoms with Gasteiger partial charge in [-0.1, -0.05) is 108 Å². The van der Waals surface area contributed by atoms with E-state index in [1.54, 1.807) is 9.80 Å². The lowest BCUT2D eigenvalue weighted by Crippen LogP contribution is -2.31. The van der Waals surface area contributed by atoms with Crippen molar-refractivity contribution < 1.29 is 9.59 Å². The maximum Gasteiger partial charge on any atom is 0.261 e. The highest BCUT2D eigenvalue weighted by Crippen LogP contribution is 2.47. The molecular formula is C38H34Cl2N2O2. The van der Waals surface area contributed by atoms with E-state index in [2.05, 4.69) is 24.3 Å². The molecule has 0 unspecified atom stereocenters. The van der Waals surface area contributed by atoms with Crippen molar-refractivity contribution in [1.82, 2.24) is 9.80 Å². The van der Waals surface area contributed by atoms with Crippen molar-refractivity contribution in [3.8, 4) is 0 Å². The fourth-order valence-electron chi connectivity index (χ4n) is 6.13. The molecule has 0 N–H and O–H groups in total. The van der Waals surface area contributed by atoms with Crippen molar-refractivity contribution >= 4 is 46.4 Å². The third kappa shape index (κ3) is 6.38. The molecule has 2 heterocycles. The highest BCUT2D eigenvalue weighted by Gasteiger charge is 2.48. The number of halogens is 2. The summed E-state index contributed by atoms with van der Waals surface area (Å²) in [7, 11) is 0. The van der Waals surface area contributed by atoms with Crippen LogP contribution in [-0.2, 0) is 22.4 Å². The molecule has 2 aliphatic heterocycles. The first-order chi connectivity index (χ1) is 21.5. The smallest absolute Gasteiger partial charge is 0.261 e. The van der Waals surface area contributed by atoms with Gasteiger partial charge in [0.25, 0.3) is 11.8 Å². The fourth-order valence-corrected chi connectivity index (χ4v) is 6.38. The molecule has 4 aromatic rings. The Balaban J connectivity index is 1.33. The molecule has 0 radical (unpaired) electrons. The van der Waals surface area contributed by atoms with Crippen LogP contribution in [0.3, 0.4) is 0 Å². The molecule has 0 bridgehead atoms. The number of nitrogens with zero attached hydrogens (tertiary/aromatic N) is 2. The predicted molar refractivity (Wildman–Crippen MR) is 179 cm³/mol. The Hall–Kier alpha value is -4.12. The second-order valence-corrected chi connectivity index (χ2v) is 12.1. The van der Waals surface area contributed by atoms with Gasteiger partial charge < -0.3 is 9.80 Å². The van der Waals surface area contributed by atoms with Gasteiger partial charge in [0, 0.05) is 23.1 Å². The van der Waals surface area contributed by atoms with Gasteiger partial charge in [-0.15, -0.1) is 0 Å². The largest absolute Gasteiger partial charge is 0.307 e. The number of amides is 2. The summed E-state index contributed by atoms with van der Waals surface area (Å²) >= 11 is 12.5. The molecule has 0 aromatic heterocycles. The van der Waals surface area contributed by atoms with Crippen LogP contribution in [0.5, 0.6) is 0 Å². The number of benzene rings is 4. The molecule has 0 saturated carbocycles. The van der Waals surface area contributed by atoms with Gasteiger partial charge in [-0.2, -0.15) is 0 Å². The van der Waals surface area contributed by atoms with E-state index in [0.29, 0.717) is 45.7 Å². The summed E-state index contributed by atoms with van der Waals surface area (Å²) in [5, 5.41) is 1.21. The maximum atomic E-state index is 14.4. The molecule has 0 aliphatic carbocycles. The first-order valence-corrected chi connectivity index (χ1v) is 16.0. The Morgan fingerprint density at radius 1 is 0.455 bits per heavy atom. The van der Waals surface area contributed by atoms with Gasteiger partial charge in [-0.3, -0.25) is 9.59 Å². The van der Waals surface area contributed by atoms with Crippen LogP contribution < -0.4 is 0 Å². The molecule has 4 nitrogen and oxygen atoms in total. The van der Waals surface area contributed by atoms with E-state index in [-0.39, 0.29) is 11.8 Å². The Morgan fingerprint density at radius 2 is 0.818 bits per heavy atom. The van der Waals surface area contributed by atoms with Gasteiger partial charge in [-0.25, -0.2) is 0 Å². The van der Waals surface area contributed by atoms with Crippen molar-refractivity contribution in [2.24, 2.45) is 0 Å². The monoisotopic (exact) mass is 620 g/mol. The van der Waals surface area contributed by atoms with E-state index in [1.165, 1.54) is 11.1 Å². The standard InChI is InChI=1S/C38H34Cl2N2O2/c39-31-21-17-29(18-22-31)35-33-34(37(43)41(35)25-9-7-15-27-11-3-1-4-12-27)36(30-19-23-32(40)24-20-30)42(38(33)44)26-10-8-16-28-13-5-2-6-14-28/h1-6,11-14,17-24H,7-10,15-16,25-26H2. The number of carbonyl (C=O) groups excluding carboxylic acids is 2. The lowest BCUT2D eigenvalue weighted by molar-refractivity contribution is -0.124. The van der Waals surface area contributed by atoms with Crippen LogP contribution in [0.4, 0.5) is 0 Å². The van der Waals surface area contributed by atoms with Gasteiger partial charge in [0.15, 0.2) is 0 Å².